The maximum Gasteiger partial charge on any atom is 0.505 e. The van der Waals surface area contributed by atoms with E-state index in [0.29, 0.717) is 6.61 Å². The molecule has 19 heavy (non-hydrogen) atoms. The first-order valence-corrected chi connectivity index (χ1v) is 5.48. The Hall–Kier alpha value is -0.652. The summed E-state index contributed by atoms with van der Waals surface area (Å²) in [4.78, 5) is 21.2. The fraction of sp³-hybridized carbons (Fsp3) is 0.818. The third kappa shape index (κ3) is 26.8. The summed E-state index contributed by atoms with van der Waals surface area (Å²) < 4.78 is 9.48. The molecular weight excluding hydrogens is 426 g/mol. The van der Waals surface area contributed by atoms with Crippen LogP contribution in [0.25, 0.3) is 0 Å². The van der Waals surface area contributed by atoms with Crippen LogP contribution in [0.2, 0.25) is 0 Å². The van der Waals surface area contributed by atoms with E-state index in [1.54, 1.807) is 7.11 Å². The van der Waals surface area contributed by atoms with Crippen molar-refractivity contribution in [3.8, 4) is 0 Å². The molecule has 0 aromatic heterocycles. The second-order valence-corrected chi connectivity index (χ2v) is 4.01. The molecule has 2 N–H and O–H groups in total. The molecule has 0 heterocycles. The quantitative estimate of drug-likeness (QED) is 0.560. The van der Waals surface area contributed by atoms with Crippen molar-refractivity contribution in [2.75, 3.05) is 41.0 Å². The summed E-state index contributed by atoms with van der Waals surface area (Å²) >= 11 is 0. The van der Waals surface area contributed by atoms with Gasteiger partial charge in [-0.25, -0.2) is 4.79 Å². The van der Waals surface area contributed by atoms with Gasteiger partial charge >= 0.3 is 6.16 Å². The Morgan fingerprint density at radius 1 is 1.21 bits per heavy atom. The minimum absolute atomic E-state index is 0. The van der Waals surface area contributed by atoms with Crippen molar-refractivity contribution in [2.24, 2.45) is 5.92 Å². The number of carboxylic acids is 1. The standard InChI is InChI=1S/C9H19NO4.C2H4O2.W/c1-10(2)5-4-8(6-13-3)7-14-9(11)12;1-2(3)4;/h8H,4-7H2,1-3H3,(H,11,12);1H3,(H,3,4);. The topological polar surface area (TPSA) is 96.3 Å². The molecule has 0 saturated heterocycles. The van der Waals surface area contributed by atoms with Crippen LogP contribution in [-0.2, 0) is 35.3 Å². The van der Waals surface area contributed by atoms with E-state index >= 15 is 0 Å². The number of nitrogens with zero attached hydrogens (tertiary/aromatic N) is 1. The summed E-state index contributed by atoms with van der Waals surface area (Å²) in [5.41, 5.74) is 0. The van der Waals surface area contributed by atoms with Crippen LogP contribution in [0.3, 0.4) is 0 Å². The smallest absolute Gasteiger partial charge is 0.481 e. The molecule has 0 fully saturated rings. The molecule has 1 unspecified atom stereocenters. The first kappa shape index (κ1) is 23.4. The molecule has 0 rings (SSSR count). The number of hydrogen-bond acceptors (Lipinski definition) is 5. The molecule has 114 valence electrons. The number of carboxylic acid groups (broad SMARTS) is 2. The van der Waals surface area contributed by atoms with Gasteiger partial charge in [-0.05, 0) is 27.1 Å². The normalized spacial score (nSPS) is 10.8. The maximum absolute atomic E-state index is 10.2. The Balaban J connectivity index is -0.000000448. The van der Waals surface area contributed by atoms with E-state index in [9.17, 15) is 4.79 Å². The summed E-state index contributed by atoms with van der Waals surface area (Å²) in [6.45, 7) is 2.72. The Labute approximate surface area is 128 Å². The SMILES string of the molecule is CC(=O)O.COCC(CCN(C)C)COC(=O)O.[W]. The van der Waals surface area contributed by atoms with Crippen LogP contribution in [0, 0.1) is 5.92 Å². The molecule has 0 bridgehead atoms. The van der Waals surface area contributed by atoms with Crippen molar-refractivity contribution in [1.82, 2.24) is 4.90 Å². The monoisotopic (exact) mass is 449 g/mol. The molecule has 0 radical (unpaired) electrons. The summed E-state index contributed by atoms with van der Waals surface area (Å²) in [7, 11) is 5.55. The molecule has 8 heteroatoms. The van der Waals surface area contributed by atoms with Crippen LogP contribution < -0.4 is 0 Å². The second kappa shape index (κ2) is 15.4. The maximum atomic E-state index is 10.2. The molecule has 0 aromatic rings. The van der Waals surface area contributed by atoms with Crippen LogP contribution >= 0.6 is 0 Å². The third-order valence-electron chi connectivity index (χ3n) is 1.83. The molecule has 0 saturated carbocycles. The van der Waals surface area contributed by atoms with Crippen LogP contribution in [0.4, 0.5) is 4.79 Å². The number of aliphatic carboxylic acids is 1. The summed E-state index contributed by atoms with van der Waals surface area (Å²) in [5, 5.41) is 15.8. The fourth-order valence-corrected chi connectivity index (χ4v) is 1.08. The average molecular weight is 449 g/mol. The number of methoxy groups -OCH3 is 1. The summed E-state index contributed by atoms with van der Waals surface area (Å²) in [5.74, 6) is -0.696. The van der Waals surface area contributed by atoms with Crippen LogP contribution in [0.15, 0.2) is 0 Å². The van der Waals surface area contributed by atoms with Crippen molar-refractivity contribution >= 4 is 12.1 Å². The molecule has 0 aliphatic rings. The zero-order valence-electron chi connectivity index (χ0n) is 11.8. The Morgan fingerprint density at radius 2 is 1.68 bits per heavy atom. The van der Waals surface area contributed by atoms with E-state index in [4.69, 9.17) is 19.7 Å². The van der Waals surface area contributed by atoms with Crippen LogP contribution in [-0.4, -0.2) is 68.2 Å². The van der Waals surface area contributed by atoms with Gasteiger partial charge in [0.25, 0.3) is 5.97 Å². The fourth-order valence-electron chi connectivity index (χ4n) is 1.08. The van der Waals surface area contributed by atoms with Gasteiger partial charge in [-0.3, -0.25) is 4.79 Å². The Kier molecular flexibility index (Phi) is 19.0. The number of hydrogen-bond donors (Lipinski definition) is 2. The number of rotatable bonds is 7. The molecule has 0 aliphatic carbocycles. The molecule has 0 aromatic carbocycles. The zero-order valence-corrected chi connectivity index (χ0v) is 14.7. The van der Waals surface area contributed by atoms with E-state index in [1.165, 1.54) is 0 Å². The predicted octanol–water partition coefficient (Wildman–Crippen LogP) is 0.984. The van der Waals surface area contributed by atoms with Crippen LogP contribution in [0.5, 0.6) is 0 Å². The van der Waals surface area contributed by atoms with Crippen molar-refractivity contribution in [2.45, 2.75) is 13.3 Å². The number of ether oxygens (including phenoxy) is 2. The molecule has 7 nitrogen and oxygen atoms in total. The predicted molar refractivity (Wildman–Crippen MR) is 65.8 cm³/mol. The Morgan fingerprint density at radius 3 is 2.00 bits per heavy atom. The van der Waals surface area contributed by atoms with Gasteiger partial charge in [0.1, 0.15) is 0 Å². The zero-order chi connectivity index (χ0) is 14.6. The van der Waals surface area contributed by atoms with E-state index in [2.05, 4.69) is 4.74 Å². The van der Waals surface area contributed by atoms with Crippen molar-refractivity contribution < 1.29 is 50.3 Å². The average Bonchev–Trinajstić information content (AvgIpc) is 2.21. The van der Waals surface area contributed by atoms with Crippen molar-refractivity contribution in [3.63, 3.8) is 0 Å². The van der Waals surface area contributed by atoms with Gasteiger partial charge in [-0.1, -0.05) is 0 Å². The third-order valence-corrected chi connectivity index (χ3v) is 1.83. The van der Waals surface area contributed by atoms with E-state index in [1.807, 2.05) is 19.0 Å². The van der Waals surface area contributed by atoms with E-state index < -0.39 is 12.1 Å². The van der Waals surface area contributed by atoms with Gasteiger partial charge in [0.05, 0.1) is 13.2 Å². The first-order chi connectivity index (χ1) is 8.29. The molecule has 0 amide bonds. The largest absolute Gasteiger partial charge is 0.505 e. The summed E-state index contributed by atoms with van der Waals surface area (Å²) in [6.07, 6.45) is -0.357. The molecule has 0 aliphatic heterocycles. The van der Waals surface area contributed by atoms with Gasteiger partial charge in [0.15, 0.2) is 0 Å². The van der Waals surface area contributed by atoms with Gasteiger partial charge in [-0.2, -0.15) is 0 Å². The second-order valence-electron chi connectivity index (χ2n) is 4.01. The number of carbonyl (C=O) groups is 2. The van der Waals surface area contributed by atoms with Gasteiger partial charge in [-0.15, -0.1) is 0 Å². The first-order valence-electron chi connectivity index (χ1n) is 5.48. The van der Waals surface area contributed by atoms with Gasteiger partial charge < -0.3 is 24.6 Å². The van der Waals surface area contributed by atoms with Gasteiger partial charge in [0.2, 0.25) is 0 Å². The molecule has 0 spiro atoms. The Bertz CT molecular complexity index is 233. The molecular formula is C11H23NO6W. The van der Waals surface area contributed by atoms with Crippen LogP contribution in [0.1, 0.15) is 13.3 Å². The van der Waals surface area contributed by atoms with E-state index in [-0.39, 0.29) is 33.6 Å². The molecule has 1 atom stereocenters. The van der Waals surface area contributed by atoms with E-state index in [0.717, 1.165) is 19.9 Å². The van der Waals surface area contributed by atoms with Crippen molar-refractivity contribution in [1.29, 1.82) is 0 Å². The minimum Gasteiger partial charge on any atom is -0.481 e. The minimum atomic E-state index is -1.23. The van der Waals surface area contributed by atoms with Crippen molar-refractivity contribution in [3.05, 3.63) is 0 Å². The van der Waals surface area contributed by atoms with Gasteiger partial charge in [0, 0.05) is 41.0 Å². The summed E-state index contributed by atoms with van der Waals surface area (Å²) in [6, 6.07) is 0.